The molecule has 0 aromatic rings. The van der Waals surface area contributed by atoms with Crippen molar-refractivity contribution in [1.29, 1.82) is 0 Å². The maximum absolute atomic E-state index is 11.0. The molecule has 1 fully saturated rings. The number of amides is 1. The molecule has 86 valence electrons. The molecule has 6 nitrogen and oxygen atoms in total. The second-order valence-electron chi connectivity index (χ2n) is 4.32. The molecule has 2 atom stereocenters. The van der Waals surface area contributed by atoms with E-state index in [4.69, 9.17) is 14.9 Å². The van der Waals surface area contributed by atoms with Gasteiger partial charge in [0, 0.05) is 12.5 Å². The van der Waals surface area contributed by atoms with Crippen LogP contribution in [0.4, 0.5) is 4.79 Å². The van der Waals surface area contributed by atoms with Gasteiger partial charge in [0.05, 0.1) is 0 Å². The van der Waals surface area contributed by atoms with Crippen LogP contribution in [0.5, 0.6) is 0 Å². The Morgan fingerprint density at radius 1 is 1.40 bits per heavy atom. The summed E-state index contributed by atoms with van der Waals surface area (Å²) in [6.45, 7) is 3.58. The van der Waals surface area contributed by atoms with E-state index in [0.29, 0.717) is 0 Å². The second kappa shape index (κ2) is 3.69. The molecular formula is C9H15NO5. The molecule has 0 aromatic heterocycles. The average molecular weight is 217 g/mol. The van der Waals surface area contributed by atoms with Gasteiger partial charge >= 0.3 is 12.1 Å². The van der Waals surface area contributed by atoms with E-state index in [9.17, 15) is 9.59 Å². The highest BCUT2D eigenvalue weighted by Crippen LogP contribution is 2.40. The zero-order chi connectivity index (χ0) is 11.8. The molecule has 15 heavy (non-hydrogen) atoms. The van der Waals surface area contributed by atoms with Gasteiger partial charge in [-0.1, -0.05) is 13.8 Å². The van der Waals surface area contributed by atoms with E-state index in [-0.39, 0.29) is 6.42 Å². The molecule has 0 aromatic carbocycles. The largest absolute Gasteiger partial charge is 0.480 e. The van der Waals surface area contributed by atoms with Gasteiger partial charge in [-0.05, 0) is 6.42 Å². The average Bonchev–Trinajstić information content (AvgIpc) is 2.36. The van der Waals surface area contributed by atoms with Crippen LogP contribution in [0.25, 0.3) is 0 Å². The number of rotatable bonds is 2. The molecule has 1 aliphatic heterocycles. The summed E-state index contributed by atoms with van der Waals surface area (Å²) in [5.41, 5.74) is -0.490. The van der Waals surface area contributed by atoms with Crippen LogP contribution in [0.3, 0.4) is 0 Å². The van der Waals surface area contributed by atoms with Crippen molar-refractivity contribution in [3.63, 3.8) is 0 Å². The summed E-state index contributed by atoms with van der Waals surface area (Å²) in [5, 5.41) is 17.9. The minimum atomic E-state index is -1.26. The molecule has 1 heterocycles. The quantitative estimate of drug-likeness (QED) is 0.715. The number of carboxylic acid groups (broad SMARTS) is 2. The summed E-state index contributed by atoms with van der Waals surface area (Å²) < 4.78 is 5.06. The molecule has 2 N–H and O–H groups in total. The zero-order valence-corrected chi connectivity index (χ0v) is 8.93. The van der Waals surface area contributed by atoms with Crippen LogP contribution < -0.4 is 0 Å². The fourth-order valence-electron chi connectivity index (χ4n) is 2.11. The van der Waals surface area contributed by atoms with Gasteiger partial charge in [0.25, 0.3) is 0 Å². The smallest absolute Gasteiger partial charge is 0.410 e. The first-order valence-electron chi connectivity index (χ1n) is 4.58. The molecule has 1 unspecified atom stereocenters. The number of carboxylic acids is 1. The highest BCUT2D eigenvalue weighted by Gasteiger charge is 2.52. The first-order valence-corrected chi connectivity index (χ1v) is 4.58. The Kier molecular flexibility index (Phi) is 2.90. The van der Waals surface area contributed by atoms with Gasteiger partial charge in [0.2, 0.25) is 0 Å². The lowest BCUT2D eigenvalue weighted by molar-refractivity contribution is -0.144. The number of likely N-dealkylation sites (tertiary alicyclic amines) is 1. The van der Waals surface area contributed by atoms with E-state index >= 15 is 0 Å². The van der Waals surface area contributed by atoms with E-state index in [1.165, 1.54) is 7.11 Å². The Hall–Kier alpha value is -1.30. The van der Waals surface area contributed by atoms with Crippen LogP contribution in [0.2, 0.25) is 0 Å². The first-order chi connectivity index (χ1) is 6.81. The van der Waals surface area contributed by atoms with Gasteiger partial charge in [-0.3, -0.25) is 4.90 Å². The third-order valence-corrected chi connectivity index (χ3v) is 2.71. The van der Waals surface area contributed by atoms with E-state index in [2.05, 4.69) is 0 Å². The van der Waals surface area contributed by atoms with Gasteiger partial charge in [-0.25, -0.2) is 9.59 Å². The molecule has 1 rings (SSSR count). The normalized spacial score (nSPS) is 29.1. The summed E-state index contributed by atoms with van der Waals surface area (Å²) >= 11 is 0. The highest BCUT2D eigenvalue weighted by atomic mass is 16.5. The minimum Gasteiger partial charge on any atom is -0.480 e. The Morgan fingerprint density at radius 2 is 1.93 bits per heavy atom. The van der Waals surface area contributed by atoms with Crippen molar-refractivity contribution in [3.05, 3.63) is 0 Å². The Labute approximate surface area is 87.4 Å². The number of aliphatic carboxylic acids is 1. The third-order valence-electron chi connectivity index (χ3n) is 2.71. The predicted molar refractivity (Wildman–Crippen MR) is 50.5 cm³/mol. The Bertz CT molecular complexity index is 288. The highest BCUT2D eigenvalue weighted by molar-refractivity contribution is 5.80. The Balaban J connectivity index is 3.04. The van der Waals surface area contributed by atoms with Crippen molar-refractivity contribution in [2.24, 2.45) is 5.41 Å². The fourth-order valence-corrected chi connectivity index (χ4v) is 2.11. The van der Waals surface area contributed by atoms with E-state index in [1.54, 1.807) is 13.8 Å². The molecule has 6 heteroatoms. The van der Waals surface area contributed by atoms with Crippen molar-refractivity contribution < 1.29 is 24.5 Å². The molecular weight excluding hydrogens is 202 g/mol. The van der Waals surface area contributed by atoms with Crippen molar-refractivity contribution in [1.82, 2.24) is 4.90 Å². The van der Waals surface area contributed by atoms with Crippen LogP contribution in [0, 0.1) is 5.41 Å². The van der Waals surface area contributed by atoms with E-state index in [1.807, 2.05) is 0 Å². The zero-order valence-electron chi connectivity index (χ0n) is 8.93. The number of hydrogen-bond donors (Lipinski definition) is 2. The predicted octanol–water partition coefficient (Wildman–Crippen LogP) is 0.822. The summed E-state index contributed by atoms with van der Waals surface area (Å²) in [4.78, 5) is 22.7. The number of ether oxygens (including phenoxy) is 1. The fraction of sp³-hybridized carbons (Fsp3) is 0.778. The monoisotopic (exact) mass is 217 g/mol. The number of hydrogen-bond acceptors (Lipinski definition) is 3. The van der Waals surface area contributed by atoms with Gasteiger partial charge in [0.15, 0.2) is 0 Å². The first kappa shape index (κ1) is 11.8. The summed E-state index contributed by atoms with van der Waals surface area (Å²) in [6, 6.07) is -1.03. The molecule has 0 radical (unpaired) electrons. The molecule has 1 saturated heterocycles. The third kappa shape index (κ3) is 1.90. The number of methoxy groups -OCH3 is 1. The lowest BCUT2D eigenvalue weighted by atomic mass is 9.89. The van der Waals surface area contributed by atoms with Crippen LogP contribution in [-0.2, 0) is 9.53 Å². The molecule has 0 aliphatic carbocycles. The van der Waals surface area contributed by atoms with Crippen molar-refractivity contribution in [3.8, 4) is 0 Å². The molecule has 0 saturated carbocycles. The van der Waals surface area contributed by atoms with Crippen molar-refractivity contribution in [2.75, 3.05) is 7.11 Å². The van der Waals surface area contributed by atoms with Gasteiger partial charge < -0.3 is 14.9 Å². The van der Waals surface area contributed by atoms with Gasteiger partial charge in [0.1, 0.15) is 12.3 Å². The molecule has 0 bridgehead atoms. The number of nitrogens with zero attached hydrogens (tertiary/aromatic N) is 1. The summed E-state index contributed by atoms with van der Waals surface area (Å²) in [5.74, 6) is -1.13. The Morgan fingerprint density at radius 3 is 2.27 bits per heavy atom. The van der Waals surface area contributed by atoms with Crippen molar-refractivity contribution >= 4 is 12.1 Å². The molecule has 1 aliphatic rings. The van der Waals surface area contributed by atoms with Crippen LogP contribution in [-0.4, -0.2) is 46.6 Å². The lowest BCUT2D eigenvalue weighted by Crippen LogP contribution is -2.46. The summed E-state index contributed by atoms with van der Waals surface area (Å²) in [7, 11) is 1.38. The van der Waals surface area contributed by atoms with Crippen LogP contribution >= 0.6 is 0 Å². The maximum atomic E-state index is 11.0. The standard InChI is InChI=1S/C9H15NO5/c1-9(2)4-5(6(11)12)10(8(13)14)7(9)15-3/h5,7H,4H2,1-3H3,(H,11,12)(H,13,14)/t5-,7?/m0/s1. The lowest BCUT2D eigenvalue weighted by Gasteiger charge is -2.29. The maximum Gasteiger partial charge on any atom is 0.410 e. The van der Waals surface area contributed by atoms with E-state index < -0.39 is 29.7 Å². The SMILES string of the molecule is COC1N(C(=O)O)[C@H](C(=O)O)CC1(C)C. The van der Waals surface area contributed by atoms with Crippen molar-refractivity contribution in [2.45, 2.75) is 32.5 Å². The minimum absolute atomic E-state index is 0.257. The van der Waals surface area contributed by atoms with Gasteiger partial charge in [-0.15, -0.1) is 0 Å². The second-order valence-corrected chi connectivity index (χ2v) is 4.32. The van der Waals surface area contributed by atoms with Gasteiger partial charge in [-0.2, -0.15) is 0 Å². The number of carbonyl (C=O) groups is 2. The van der Waals surface area contributed by atoms with Crippen LogP contribution in [0.15, 0.2) is 0 Å². The topological polar surface area (TPSA) is 87.1 Å². The van der Waals surface area contributed by atoms with E-state index in [0.717, 1.165) is 4.90 Å². The van der Waals surface area contributed by atoms with Crippen LogP contribution in [0.1, 0.15) is 20.3 Å². The molecule has 0 spiro atoms. The summed E-state index contributed by atoms with van der Waals surface area (Å²) in [6.07, 6.45) is -1.72. The molecule has 1 amide bonds.